The highest BCUT2D eigenvalue weighted by Gasteiger charge is 2.15. The zero-order valence-electron chi connectivity index (χ0n) is 11.4. The third-order valence-corrected chi connectivity index (χ3v) is 2.62. The van der Waals surface area contributed by atoms with Gasteiger partial charge in [-0.1, -0.05) is 40.2 Å². The van der Waals surface area contributed by atoms with Gasteiger partial charge in [-0.05, 0) is 32.1 Å². The van der Waals surface area contributed by atoms with E-state index in [-0.39, 0.29) is 0 Å². The maximum atomic E-state index is 4.43. The van der Waals surface area contributed by atoms with Crippen molar-refractivity contribution >= 4 is 0 Å². The lowest BCUT2D eigenvalue weighted by molar-refractivity contribution is 0.238. The molecule has 0 spiro atoms. The Morgan fingerprint density at radius 2 is 1.94 bits per heavy atom. The molecule has 1 unspecified atom stereocenters. The summed E-state index contributed by atoms with van der Waals surface area (Å²) in [5, 5.41) is 0. The average molecular weight is 222 g/mol. The fourth-order valence-corrected chi connectivity index (χ4v) is 1.66. The standard InChI is InChI=1S/C12H20N2.C2H6/c1-4-8-12(14(3)5-2)11-9-6-7-10-13-11;1-2/h6-7,9-10,12H,4-5,8H2,1-3H3;1-2H3. The number of rotatable bonds is 5. The van der Waals surface area contributed by atoms with E-state index < -0.39 is 0 Å². The summed E-state index contributed by atoms with van der Waals surface area (Å²) in [6.45, 7) is 9.48. The molecule has 0 aromatic carbocycles. The zero-order valence-corrected chi connectivity index (χ0v) is 11.4. The van der Waals surface area contributed by atoms with Gasteiger partial charge in [0.15, 0.2) is 0 Å². The molecule has 2 nitrogen and oxygen atoms in total. The van der Waals surface area contributed by atoms with E-state index in [4.69, 9.17) is 0 Å². The molecule has 0 N–H and O–H groups in total. The Bertz CT molecular complexity index is 246. The summed E-state index contributed by atoms with van der Waals surface area (Å²) in [7, 11) is 2.16. The molecule has 16 heavy (non-hydrogen) atoms. The van der Waals surface area contributed by atoms with Crippen LogP contribution >= 0.6 is 0 Å². The number of pyridine rings is 1. The maximum Gasteiger partial charge on any atom is 0.0575 e. The molecule has 1 atom stereocenters. The van der Waals surface area contributed by atoms with Gasteiger partial charge in [0.1, 0.15) is 0 Å². The molecule has 2 heteroatoms. The van der Waals surface area contributed by atoms with Gasteiger partial charge in [-0.3, -0.25) is 9.88 Å². The van der Waals surface area contributed by atoms with Crippen molar-refractivity contribution in [3.8, 4) is 0 Å². The van der Waals surface area contributed by atoms with Crippen LogP contribution in [0.25, 0.3) is 0 Å². The summed E-state index contributed by atoms with van der Waals surface area (Å²) in [5.74, 6) is 0. The summed E-state index contributed by atoms with van der Waals surface area (Å²) in [4.78, 5) is 6.78. The van der Waals surface area contributed by atoms with E-state index in [9.17, 15) is 0 Å². The normalized spacial score (nSPS) is 11.9. The number of nitrogens with zero attached hydrogens (tertiary/aromatic N) is 2. The van der Waals surface area contributed by atoms with E-state index in [1.165, 1.54) is 18.5 Å². The van der Waals surface area contributed by atoms with E-state index in [1.807, 2.05) is 26.1 Å². The Hall–Kier alpha value is -0.890. The molecular weight excluding hydrogens is 196 g/mol. The molecule has 0 saturated carbocycles. The molecule has 0 amide bonds. The lowest BCUT2D eigenvalue weighted by Gasteiger charge is -2.25. The summed E-state index contributed by atoms with van der Waals surface area (Å²) in [6, 6.07) is 6.63. The second-order valence-electron chi connectivity index (χ2n) is 3.63. The van der Waals surface area contributed by atoms with Gasteiger partial charge in [-0.25, -0.2) is 0 Å². The van der Waals surface area contributed by atoms with Gasteiger partial charge in [0, 0.05) is 6.20 Å². The molecule has 0 bridgehead atoms. The van der Waals surface area contributed by atoms with E-state index in [2.05, 4.69) is 42.9 Å². The molecule has 0 aliphatic heterocycles. The Balaban J connectivity index is 0.00000106. The predicted octanol–water partition coefficient (Wildman–Crippen LogP) is 3.90. The second kappa shape index (κ2) is 9.34. The molecule has 1 heterocycles. The van der Waals surface area contributed by atoms with E-state index >= 15 is 0 Å². The van der Waals surface area contributed by atoms with Crippen molar-refractivity contribution in [3.63, 3.8) is 0 Å². The maximum absolute atomic E-state index is 4.43. The van der Waals surface area contributed by atoms with Crippen molar-refractivity contribution in [1.82, 2.24) is 9.88 Å². The van der Waals surface area contributed by atoms with Crippen LogP contribution in [0, 0.1) is 0 Å². The number of hydrogen-bond acceptors (Lipinski definition) is 2. The summed E-state index contributed by atoms with van der Waals surface area (Å²) < 4.78 is 0. The van der Waals surface area contributed by atoms with E-state index in [0.717, 1.165) is 6.54 Å². The minimum absolute atomic E-state index is 0.478. The lowest BCUT2D eigenvalue weighted by atomic mass is 10.1. The fourth-order valence-electron chi connectivity index (χ4n) is 1.66. The third-order valence-electron chi connectivity index (χ3n) is 2.62. The Morgan fingerprint density at radius 1 is 1.25 bits per heavy atom. The molecule has 1 rings (SSSR count). The number of aromatic nitrogens is 1. The van der Waals surface area contributed by atoms with Crippen molar-refractivity contribution in [2.75, 3.05) is 13.6 Å². The first-order valence-corrected chi connectivity index (χ1v) is 6.40. The van der Waals surface area contributed by atoms with Gasteiger partial charge >= 0.3 is 0 Å². The molecule has 0 aliphatic rings. The molecule has 0 aliphatic carbocycles. The number of hydrogen-bond donors (Lipinski definition) is 0. The van der Waals surface area contributed by atoms with Crippen LogP contribution in [0.4, 0.5) is 0 Å². The molecule has 0 radical (unpaired) electrons. The monoisotopic (exact) mass is 222 g/mol. The van der Waals surface area contributed by atoms with E-state index in [1.54, 1.807) is 0 Å². The first-order chi connectivity index (χ1) is 7.79. The van der Waals surface area contributed by atoms with Crippen molar-refractivity contribution in [2.45, 2.75) is 46.6 Å². The largest absolute Gasteiger partial charge is 0.298 e. The lowest BCUT2D eigenvalue weighted by Crippen LogP contribution is -2.24. The van der Waals surface area contributed by atoms with Crippen LogP contribution in [-0.2, 0) is 0 Å². The highest BCUT2D eigenvalue weighted by atomic mass is 15.1. The van der Waals surface area contributed by atoms with Crippen LogP contribution < -0.4 is 0 Å². The topological polar surface area (TPSA) is 16.1 Å². The predicted molar refractivity (Wildman–Crippen MR) is 71.5 cm³/mol. The van der Waals surface area contributed by atoms with Crippen molar-refractivity contribution in [1.29, 1.82) is 0 Å². The van der Waals surface area contributed by atoms with Gasteiger partial charge in [0.2, 0.25) is 0 Å². The van der Waals surface area contributed by atoms with Crippen LogP contribution in [-0.4, -0.2) is 23.5 Å². The van der Waals surface area contributed by atoms with Crippen LogP contribution in [0.1, 0.15) is 52.3 Å². The van der Waals surface area contributed by atoms with Gasteiger partial charge in [0.25, 0.3) is 0 Å². The van der Waals surface area contributed by atoms with Crippen LogP contribution in [0.5, 0.6) is 0 Å². The zero-order chi connectivity index (χ0) is 12.4. The molecule has 1 aromatic heterocycles. The van der Waals surface area contributed by atoms with Gasteiger partial charge in [-0.2, -0.15) is 0 Å². The van der Waals surface area contributed by atoms with Crippen molar-refractivity contribution in [3.05, 3.63) is 30.1 Å². The van der Waals surface area contributed by atoms with E-state index in [0.29, 0.717) is 6.04 Å². The van der Waals surface area contributed by atoms with Crippen LogP contribution in [0.3, 0.4) is 0 Å². The molecule has 92 valence electrons. The second-order valence-corrected chi connectivity index (χ2v) is 3.63. The third kappa shape index (κ3) is 4.75. The van der Waals surface area contributed by atoms with Crippen LogP contribution in [0.15, 0.2) is 24.4 Å². The average Bonchev–Trinajstić information content (AvgIpc) is 2.38. The molecule has 0 saturated heterocycles. The molecule has 1 aromatic rings. The van der Waals surface area contributed by atoms with Crippen LogP contribution in [0.2, 0.25) is 0 Å². The first kappa shape index (κ1) is 15.1. The highest BCUT2D eigenvalue weighted by Crippen LogP contribution is 2.21. The Morgan fingerprint density at radius 3 is 2.38 bits per heavy atom. The Labute approximate surface area is 101 Å². The fraction of sp³-hybridized carbons (Fsp3) is 0.643. The van der Waals surface area contributed by atoms with Gasteiger partial charge in [0.05, 0.1) is 11.7 Å². The van der Waals surface area contributed by atoms with Crippen molar-refractivity contribution < 1.29 is 0 Å². The minimum atomic E-state index is 0.478. The summed E-state index contributed by atoms with van der Waals surface area (Å²) in [5.41, 5.74) is 1.19. The highest BCUT2D eigenvalue weighted by molar-refractivity contribution is 5.08. The molecular formula is C14H26N2. The van der Waals surface area contributed by atoms with Gasteiger partial charge < -0.3 is 0 Å². The SMILES string of the molecule is CC.CCCC(c1ccccn1)N(C)CC. The van der Waals surface area contributed by atoms with Gasteiger partial charge in [-0.15, -0.1) is 0 Å². The molecule has 0 fully saturated rings. The summed E-state index contributed by atoms with van der Waals surface area (Å²) >= 11 is 0. The Kier molecular flexibility index (Phi) is 8.82. The summed E-state index contributed by atoms with van der Waals surface area (Å²) in [6.07, 6.45) is 4.26. The minimum Gasteiger partial charge on any atom is -0.298 e. The smallest absolute Gasteiger partial charge is 0.0575 e. The van der Waals surface area contributed by atoms with Crippen molar-refractivity contribution in [2.24, 2.45) is 0 Å². The first-order valence-electron chi connectivity index (χ1n) is 6.40. The quantitative estimate of drug-likeness (QED) is 0.751.